The van der Waals surface area contributed by atoms with Crippen LogP contribution in [0.5, 0.6) is 0 Å². The quantitative estimate of drug-likeness (QED) is 0.616. The van der Waals surface area contributed by atoms with Crippen LogP contribution < -0.4 is 5.32 Å². The van der Waals surface area contributed by atoms with Gasteiger partial charge in [0.05, 0.1) is 26.4 Å². The number of hydrogen-bond donors (Lipinski definition) is 3. The van der Waals surface area contributed by atoms with Crippen molar-refractivity contribution in [1.82, 2.24) is 5.32 Å². The van der Waals surface area contributed by atoms with Crippen LogP contribution in [0.25, 0.3) is 0 Å². The molecule has 1 aliphatic rings. The average Bonchev–Trinajstić information content (AvgIpc) is 3.03. The van der Waals surface area contributed by atoms with Gasteiger partial charge < -0.3 is 29.7 Å². The largest absolute Gasteiger partial charge is 0.469 e. The molecule has 1 saturated heterocycles. The normalized spacial score (nSPS) is 24.2. The number of rotatable bonds is 6. The summed E-state index contributed by atoms with van der Waals surface area (Å²) in [6.07, 6.45) is -2.92. The van der Waals surface area contributed by atoms with Crippen molar-refractivity contribution in [2.75, 3.05) is 20.3 Å². The van der Waals surface area contributed by atoms with Gasteiger partial charge in [-0.15, -0.1) is 0 Å². The summed E-state index contributed by atoms with van der Waals surface area (Å²) >= 11 is 0. The van der Waals surface area contributed by atoms with Crippen molar-refractivity contribution in [2.45, 2.75) is 24.9 Å². The number of carbonyl (C=O) groups is 2. The minimum absolute atomic E-state index is 0.0297. The Morgan fingerprint density at radius 1 is 1.38 bits per heavy atom. The maximum atomic E-state index is 12.0. The highest BCUT2D eigenvalue weighted by Crippen LogP contribution is 2.24. The Balaban J connectivity index is 1.98. The summed E-state index contributed by atoms with van der Waals surface area (Å²) in [4.78, 5) is 23.8. The third-order valence-corrected chi connectivity index (χ3v) is 3.82. The van der Waals surface area contributed by atoms with Crippen LogP contribution in [0.3, 0.4) is 0 Å². The fourth-order valence-electron chi connectivity index (χ4n) is 2.55. The minimum atomic E-state index is -1.24. The standard InChI is InChI=1S/C16H21NO7/c1-22-15(20)11-9-23-14(12(19)7-18)13(11)17-16(21)24-8-10-5-3-2-4-6-10/h2-6,11-14,18-19H,7-9H2,1H3,(H,17,21)/t11-,12-,13-,14-/m1/s1. The Labute approximate surface area is 139 Å². The molecule has 0 unspecified atom stereocenters. The summed E-state index contributed by atoms with van der Waals surface area (Å²) in [6, 6.07) is 8.25. The van der Waals surface area contributed by atoms with Gasteiger partial charge in [-0.05, 0) is 5.56 Å². The van der Waals surface area contributed by atoms with E-state index in [4.69, 9.17) is 14.6 Å². The monoisotopic (exact) mass is 339 g/mol. The van der Waals surface area contributed by atoms with Gasteiger partial charge in [-0.25, -0.2) is 4.79 Å². The lowest BCUT2D eigenvalue weighted by molar-refractivity contribution is -0.145. The molecule has 0 aliphatic carbocycles. The molecule has 3 N–H and O–H groups in total. The van der Waals surface area contributed by atoms with Crippen molar-refractivity contribution in [3.05, 3.63) is 35.9 Å². The predicted octanol–water partition coefficient (Wildman–Crippen LogP) is -0.177. The van der Waals surface area contributed by atoms with Crippen LogP contribution in [0.15, 0.2) is 30.3 Å². The number of benzene rings is 1. The number of esters is 1. The van der Waals surface area contributed by atoms with Gasteiger partial charge in [0.1, 0.15) is 24.7 Å². The van der Waals surface area contributed by atoms with Crippen LogP contribution in [0.4, 0.5) is 4.79 Å². The molecule has 1 aromatic carbocycles. The van der Waals surface area contributed by atoms with Crippen molar-refractivity contribution in [1.29, 1.82) is 0 Å². The van der Waals surface area contributed by atoms with Gasteiger partial charge in [0.15, 0.2) is 0 Å². The lowest BCUT2D eigenvalue weighted by atomic mass is 9.96. The molecule has 4 atom stereocenters. The second-order valence-corrected chi connectivity index (χ2v) is 5.41. The summed E-state index contributed by atoms with van der Waals surface area (Å²) in [7, 11) is 1.23. The first-order chi connectivity index (χ1) is 11.6. The Hall–Kier alpha value is -2.16. The molecular weight excluding hydrogens is 318 g/mol. The summed E-state index contributed by atoms with van der Waals surface area (Å²) in [6.45, 7) is -0.524. The predicted molar refractivity (Wildman–Crippen MR) is 81.9 cm³/mol. The molecule has 0 spiro atoms. The highest BCUT2D eigenvalue weighted by Gasteiger charge is 2.46. The Kier molecular flexibility index (Phi) is 6.53. The molecule has 1 aliphatic heterocycles. The molecule has 1 aromatic rings. The first-order valence-corrected chi connectivity index (χ1v) is 7.52. The second kappa shape index (κ2) is 8.62. The Morgan fingerprint density at radius 3 is 2.71 bits per heavy atom. The molecule has 1 heterocycles. The maximum absolute atomic E-state index is 12.0. The molecule has 0 aromatic heterocycles. The fraction of sp³-hybridized carbons (Fsp3) is 0.500. The van der Waals surface area contributed by atoms with Crippen molar-refractivity contribution in [3.63, 3.8) is 0 Å². The van der Waals surface area contributed by atoms with E-state index in [0.717, 1.165) is 5.56 Å². The summed E-state index contributed by atoms with van der Waals surface area (Å²) in [5, 5.41) is 21.4. The lowest BCUT2D eigenvalue weighted by Gasteiger charge is -2.25. The molecule has 8 heteroatoms. The van der Waals surface area contributed by atoms with Gasteiger partial charge in [-0.1, -0.05) is 30.3 Å². The van der Waals surface area contributed by atoms with E-state index in [1.54, 1.807) is 0 Å². The lowest BCUT2D eigenvalue weighted by Crippen LogP contribution is -2.51. The van der Waals surface area contributed by atoms with Crippen LogP contribution in [0.2, 0.25) is 0 Å². The van der Waals surface area contributed by atoms with Crippen LogP contribution in [-0.4, -0.2) is 60.8 Å². The fourth-order valence-corrected chi connectivity index (χ4v) is 2.55. The van der Waals surface area contributed by atoms with Crippen LogP contribution in [0.1, 0.15) is 5.56 Å². The van der Waals surface area contributed by atoms with E-state index in [9.17, 15) is 14.7 Å². The zero-order valence-electron chi connectivity index (χ0n) is 13.3. The van der Waals surface area contributed by atoms with Gasteiger partial charge in [0.2, 0.25) is 0 Å². The van der Waals surface area contributed by atoms with Gasteiger partial charge in [-0.2, -0.15) is 0 Å². The summed E-state index contributed by atoms with van der Waals surface area (Å²) in [5.74, 6) is -1.36. The molecule has 0 bridgehead atoms. The number of methoxy groups -OCH3 is 1. The maximum Gasteiger partial charge on any atom is 0.407 e. The molecule has 8 nitrogen and oxygen atoms in total. The SMILES string of the molecule is COC(=O)[C@@H]1CO[C@H]([C@H](O)CO)[C@@H]1NC(=O)OCc1ccccc1. The third-order valence-electron chi connectivity index (χ3n) is 3.82. The van der Waals surface area contributed by atoms with E-state index in [0.29, 0.717) is 0 Å². The molecule has 0 saturated carbocycles. The first kappa shape index (κ1) is 18.2. The number of nitrogens with one attached hydrogen (secondary N) is 1. The number of ether oxygens (including phenoxy) is 3. The number of aliphatic hydroxyl groups is 2. The van der Waals surface area contributed by atoms with E-state index >= 15 is 0 Å². The van der Waals surface area contributed by atoms with Gasteiger partial charge >= 0.3 is 12.1 Å². The van der Waals surface area contributed by atoms with Crippen molar-refractivity contribution in [2.24, 2.45) is 5.92 Å². The Morgan fingerprint density at radius 2 is 2.08 bits per heavy atom. The number of amides is 1. The molecule has 2 rings (SSSR count). The number of aliphatic hydroxyl groups excluding tert-OH is 2. The second-order valence-electron chi connectivity index (χ2n) is 5.41. The molecular formula is C16H21NO7. The molecule has 1 fully saturated rings. The summed E-state index contributed by atoms with van der Waals surface area (Å²) < 4.78 is 15.1. The van der Waals surface area contributed by atoms with Gasteiger partial charge in [-0.3, -0.25) is 4.79 Å². The van der Waals surface area contributed by atoms with Crippen molar-refractivity contribution in [3.8, 4) is 0 Å². The highest BCUT2D eigenvalue weighted by atomic mass is 16.6. The zero-order valence-corrected chi connectivity index (χ0v) is 13.3. The highest BCUT2D eigenvalue weighted by molar-refractivity contribution is 5.76. The molecule has 24 heavy (non-hydrogen) atoms. The average molecular weight is 339 g/mol. The van der Waals surface area contributed by atoms with Crippen LogP contribution in [0, 0.1) is 5.92 Å². The smallest absolute Gasteiger partial charge is 0.407 e. The third kappa shape index (κ3) is 4.44. The molecule has 132 valence electrons. The van der Waals surface area contributed by atoms with E-state index < -0.39 is 42.8 Å². The van der Waals surface area contributed by atoms with Crippen molar-refractivity contribution >= 4 is 12.1 Å². The summed E-state index contributed by atoms with van der Waals surface area (Å²) in [5.41, 5.74) is 0.812. The van der Waals surface area contributed by atoms with E-state index in [2.05, 4.69) is 10.1 Å². The first-order valence-electron chi connectivity index (χ1n) is 7.52. The molecule has 0 radical (unpaired) electrons. The zero-order chi connectivity index (χ0) is 17.5. The van der Waals surface area contributed by atoms with Crippen LogP contribution in [-0.2, 0) is 25.6 Å². The number of carbonyl (C=O) groups excluding carboxylic acids is 2. The van der Waals surface area contributed by atoms with Crippen LogP contribution >= 0.6 is 0 Å². The van der Waals surface area contributed by atoms with Crippen molar-refractivity contribution < 1.29 is 34.0 Å². The minimum Gasteiger partial charge on any atom is -0.469 e. The number of hydrogen-bond acceptors (Lipinski definition) is 7. The van der Waals surface area contributed by atoms with E-state index in [-0.39, 0.29) is 13.2 Å². The Bertz CT molecular complexity index is 551. The topological polar surface area (TPSA) is 114 Å². The van der Waals surface area contributed by atoms with E-state index in [1.807, 2.05) is 30.3 Å². The number of alkyl carbamates (subject to hydrolysis) is 1. The molecule has 1 amide bonds. The van der Waals surface area contributed by atoms with Gasteiger partial charge in [0.25, 0.3) is 0 Å². The van der Waals surface area contributed by atoms with E-state index in [1.165, 1.54) is 7.11 Å². The van der Waals surface area contributed by atoms with Gasteiger partial charge in [0, 0.05) is 0 Å².